The Kier molecular flexibility index (Phi) is 8.93. The number of imide groups is 1. The Morgan fingerprint density at radius 3 is 2.33 bits per heavy atom. The summed E-state index contributed by atoms with van der Waals surface area (Å²) in [5.74, 6) is -0.741. The molecule has 7 heteroatoms. The second-order valence-electron chi connectivity index (χ2n) is 7.99. The summed E-state index contributed by atoms with van der Waals surface area (Å²) < 4.78 is 0. The Labute approximate surface area is 162 Å². The molecule has 3 unspecified atom stereocenters. The largest absolute Gasteiger partial charge is 0.368 e. The summed E-state index contributed by atoms with van der Waals surface area (Å²) in [5.41, 5.74) is 5.39. The summed E-state index contributed by atoms with van der Waals surface area (Å²) in [5, 5.41) is 0. The van der Waals surface area contributed by atoms with E-state index in [0.29, 0.717) is 32.2 Å². The average molecular weight is 382 g/mol. The molecule has 7 nitrogen and oxygen atoms in total. The highest BCUT2D eigenvalue weighted by Crippen LogP contribution is 2.28. The maximum Gasteiger partial charge on any atom is 0.240 e. The number of carbonyl (C=O) groups excluding carboxylic acids is 4. The molecule has 0 aliphatic carbocycles. The molecule has 2 N–H and O–H groups in total. The molecule has 1 saturated heterocycles. The number of rotatable bonds is 11. The van der Waals surface area contributed by atoms with Gasteiger partial charge in [0.25, 0.3) is 0 Å². The van der Waals surface area contributed by atoms with Crippen LogP contribution in [0.5, 0.6) is 0 Å². The Bertz CT molecular complexity index is 561. The van der Waals surface area contributed by atoms with E-state index in [1.807, 2.05) is 27.7 Å². The predicted molar refractivity (Wildman–Crippen MR) is 103 cm³/mol. The van der Waals surface area contributed by atoms with Crippen molar-refractivity contribution < 1.29 is 19.2 Å². The molecule has 1 aliphatic rings. The van der Waals surface area contributed by atoms with Crippen LogP contribution < -0.4 is 5.73 Å². The molecule has 1 fully saturated rings. The number of nitrogens with zero attached hydrogens (tertiary/aromatic N) is 2. The van der Waals surface area contributed by atoms with Crippen molar-refractivity contribution in [3.63, 3.8) is 0 Å². The average Bonchev–Trinajstić information content (AvgIpc) is 2.87. The summed E-state index contributed by atoms with van der Waals surface area (Å²) >= 11 is 0. The van der Waals surface area contributed by atoms with Gasteiger partial charge < -0.3 is 10.6 Å². The summed E-state index contributed by atoms with van der Waals surface area (Å²) in [4.78, 5) is 51.1. The number of nitrogens with two attached hydrogens (primary N) is 1. The third-order valence-electron chi connectivity index (χ3n) is 5.62. The van der Waals surface area contributed by atoms with Crippen LogP contribution in [0.3, 0.4) is 0 Å². The number of primary amides is 1. The van der Waals surface area contributed by atoms with Crippen LogP contribution in [0.25, 0.3) is 0 Å². The van der Waals surface area contributed by atoms with Gasteiger partial charge in [0, 0.05) is 32.4 Å². The van der Waals surface area contributed by atoms with Gasteiger partial charge in [-0.15, -0.1) is 0 Å². The van der Waals surface area contributed by atoms with Gasteiger partial charge in [-0.05, 0) is 24.7 Å². The van der Waals surface area contributed by atoms with Gasteiger partial charge in [0.05, 0.1) is 0 Å². The van der Waals surface area contributed by atoms with Crippen LogP contribution >= 0.6 is 0 Å². The van der Waals surface area contributed by atoms with E-state index in [-0.39, 0.29) is 35.5 Å². The minimum atomic E-state index is -0.602. The van der Waals surface area contributed by atoms with Crippen LogP contribution in [-0.2, 0) is 19.2 Å². The standard InChI is InChI=1S/C20H35N3O4/c1-6-14(4)15-12-17(25)23(20(15)27)11-9-7-8-10-16(24)22(5)18(13(2)3)19(21)26/h13-15,18H,6-12H2,1-5H3,(H2,21,26). The summed E-state index contributed by atoms with van der Waals surface area (Å²) in [7, 11) is 1.61. The lowest BCUT2D eigenvalue weighted by atomic mass is 9.90. The molecular weight excluding hydrogens is 346 g/mol. The highest BCUT2D eigenvalue weighted by atomic mass is 16.2. The number of hydrogen-bond donors (Lipinski definition) is 1. The Morgan fingerprint density at radius 2 is 1.81 bits per heavy atom. The second-order valence-corrected chi connectivity index (χ2v) is 7.99. The molecule has 0 spiro atoms. The van der Waals surface area contributed by atoms with Crippen LogP contribution in [0.1, 0.15) is 66.2 Å². The van der Waals surface area contributed by atoms with E-state index in [2.05, 4.69) is 0 Å². The summed E-state index contributed by atoms with van der Waals surface area (Å²) in [6, 6.07) is -0.602. The van der Waals surface area contributed by atoms with E-state index in [0.717, 1.165) is 12.8 Å². The molecule has 0 aromatic carbocycles. The van der Waals surface area contributed by atoms with Gasteiger partial charge in [0.1, 0.15) is 6.04 Å². The molecule has 0 radical (unpaired) electrons. The first kappa shape index (κ1) is 23.1. The third kappa shape index (κ3) is 6.04. The zero-order chi connectivity index (χ0) is 20.7. The number of unbranched alkanes of at least 4 members (excludes halogenated alkanes) is 2. The van der Waals surface area contributed by atoms with Crippen LogP contribution in [-0.4, -0.2) is 53.1 Å². The lowest BCUT2D eigenvalue weighted by molar-refractivity contribution is -0.140. The normalized spacial score (nSPS) is 19.5. The lowest BCUT2D eigenvalue weighted by Crippen LogP contribution is -2.48. The highest BCUT2D eigenvalue weighted by Gasteiger charge is 2.40. The summed E-state index contributed by atoms with van der Waals surface area (Å²) in [6.07, 6.45) is 3.61. The molecule has 0 aromatic heterocycles. The van der Waals surface area contributed by atoms with Crippen molar-refractivity contribution in [3.8, 4) is 0 Å². The summed E-state index contributed by atoms with van der Waals surface area (Å²) in [6.45, 7) is 8.18. The van der Waals surface area contributed by atoms with Crippen molar-refractivity contribution in [2.75, 3.05) is 13.6 Å². The molecule has 154 valence electrons. The SMILES string of the molecule is CCC(C)C1CC(=O)N(CCCCCC(=O)N(C)C(C(N)=O)C(C)C)C1=O. The molecule has 0 aromatic rings. The fourth-order valence-corrected chi connectivity index (χ4v) is 3.69. The van der Waals surface area contributed by atoms with Crippen LogP contribution in [0, 0.1) is 17.8 Å². The van der Waals surface area contributed by atoms with Crippen molar-refractivity contribution in [1.29, 1.82) is 0 Å². The predicted octanol–water partition coefficient (Wildman–Crippen LogP) is 1.94. The van der Waals surface area contributed by atoms with Gasteiger partial charge in [-0.25, -0.2) is 0 Å². The maximum atomic E-state index is 12.4. The van der Waals surface area contributed by atoms with E-state index >= 15 is 0 Å². The molecule has 1 rings (SSSR count). The quantitative estimate of drug-likeness (QED) is 0.436. The maximum absolute atomic E-state index is 12.4. The second kappa shape index (κ2) is 10.4. The van der Waals surface area contributed by atoms with Crippen LogP contribution in [0.4, 0.5) is 0 Å². The first-order chi connectivity index (χ1) is 12.6. The van der Waals surface area contributed by atoms with E-state index in [1.54, 1.807) is 7.05 Å². The Balaban J connectivity index is 2.38. The van der Waals surface area contributed by atoms with Gasteiger partial charge in [-0.2, -0.15) is 0 Å². The van der Waals surface area contributed by atoms with Gasteiger partial charge in [0.15, 0.2) is 0 Å². The first-order valence-electron chi connectivity index (χ1n) is 10.0. The van der Waals surface area contributed by atoms with Gasteiger partial charge in [-0.1, -0.05) is 40.5 Å². The molecule has 4 amide bonds. The van der Waals surface area contributed by atoms with Crippen molar-refractivity contribution in [1.82, 2.24) is 9.80 Å². The van der Waals surface area contributed by atoms with E-state index in [4.69, 9.17) is 5.73 Å². The van der Waals surface area contributed by atoms with Gasteiger partial charge in [-0.3, -0.25) is 24.1 Å². The molecular formula is C20H35N3O4. The van der Waals surface area contributed by atoms with Crippen molar-refractivity contribution in [2.45, 2.75) is 72.3 Å². The minimum Gasteiger partial charge on any atom is -0.368 e. The van der Waals surface area contributed by atoms with Gasteiger partial charge in [0.2, 0.25) is 23.6 Å². The van der Waals surface area contributed by atoms with Crippen LogP contribution in [0.15, 0.2) is 0 Å². The van der Waals surface area contributed by atoms with E-state index in [9.17, 15) is 19.2 Å². The molecule has 0 bridgehead atoms. The van der Waals surface area contributed by atoms with Gasteiger partial charge >= 0.3 is 0 Å². The van der Waals surface area contributed by atoms with Crippen molar-refractivity contribution in [3.05, 3.63) is 0 Å². The molecule has 1 aliphatic heterocycles. The molecule has 1 heterocycles. The number of likely N-dealkylation sites (tertiary alicyclic amines) is 1. The smallest absolute Gasteiger partial charge is 0.240 e. The van der Waals surface area contributed by atoms with Crippen molar-refractivity contribution in [2.24, 2.45) is 23.5 Å². The fraction of sp³-hybridized carbons (Fsp3) is 0.800. The number of hydrogen-bond acceptors (Lipinski definition) is 4. The Hall–Kier alpha value is -1.92. The number of likely N-dealkylation sites (N-methyl/N-ethyl adjacent to an activating group) is 1. The lowest BCUT2D eigenvalue weighted by Gasteiger charge is -2.28. The Morgan fingerprint density at radius 1 is 1.19 bits per heavy atom. The topological polar surface area (TPSA) is 101 Å². The number of carbonyl (C=O) groups is 4. The van der Waals surface area contributed by atoms with Crippen molar-refractivity contribution >= 4 is 23.6 Å². The highest BCUT2D eigenvalue weighted by molar-refractivity contribution is 6.03. The molecule has 3 atom stereocenters. The van der Waals surface area contributed by atoms with E-state index < -0.39 is 11.9 Å². The fourth-order valence-electron chi connectivity index (χ4n) is 3.69. The molecule has 27 heavy (non-hydrogen) atoms. The molecule has 0 saturated carbocycles. The van der Waals surface area contributed by atoms with Crippen LogP contribution in [0.2, 0.25) is 0 Å². The first-order valence-corrected chi connectivity index (χ1v) is 10.0. The zero-order valence-corrected chi connectivity index (χ0v) is 17.4. The zero-order valence-electron chi connectivity index (χ0n) is 17.4. The van der Waals surface area contributed by atoms with E-state index in [1.165, 1.54) is 9.80 Å². The number of amides is 4. The minimum absolute atomic E-state index is 0.0397. The third-order valence-corrected chi connectivity index (χ3v) is 5.62. The monoisotopic (exact) mass is 381 g/mol.